The van der Waals surface area contributed by atoms with E-state index < -0.39 is 11.9 Å². The maximum atomic E-state index is 12.4. The summed E-state index contributed by atoms with van der Waals surface area (Å²) in [4.78, 5) is 24.8. The lowest BCUT2D eigenvalue weighted by Crippen LogP contribution is -2.15. The van der Waals surface area contributed by atoms with Gasteiger partial charge in [-0.3, -0.25) is 0 Å². The Morgan fingerprint density at radius 3 is 1.93 bits per heavy atom. The first kappa shape index (κ1) is 23.0. The summed E-state index contributed by atoms with van der Waals surface area (Å²) in [7, 11) is 0. The minimum Gasteiger partial charge on any atom is -0.462 e. The van der Waals surface area contributed by atoms with E-state index in [0.717, 1.165) is 24.8 Å². The van der Waals surface area contributed by atoms with E-state index in [-0.39, 0.29) is 17.7 Å². The van der Waals surface area contributed by atoms with Gasteiger partial charge in [-0.25, -0.2) is 9.59 Å². The maximum absolute atomic E-state index is 12.4. The van der Waals surface area contributed by atoms with Crippen molar-refractivity contribution in [3.05, 3.63) is 70.2 Å². The number of esters is 2. The van der Waals surface area contributed by atoms with Crippen molar-refractivity contribution in [3.63, 3.8) is 0 Å². The van der Waals surface area contributed by atoms with Gasteiger partial charge in [0.15, 0.2) is 0 Å². The third-order valence-corrected chi connectivity index (χ3v) is 4.89. The lowest BCUT2D eigenvalue weighted by atomic mass is 10.1. The molecule has 0 heterocycles. The number of carbonyl (C=O) groups excluding carboxylic acids is 2. The average Bonchev–Trinajstić information content (AvgIpc) is 2.74. The summed E-state index contributed by atoms with van der Waals surface area (Å²) in [6.45, 7) is 2.77. The van der Waals surface area contributed by atoms with Crippen molar-refractivity contribution in [3.8, 4) is 0 Å². The van der Waals surface area contributed by atoms with Crippen LogP contribution in [0.15, 0.2) is 48.5 Å². The summed E-state index contributed by atoms with van der Waals surface area (Å²) in [5.41, 5.74) is 1.50. The molecule has 0 spiro atoms. The molecule has 0 aliphatic carbocycles. The van der Waals surface area contributed by atoms with Crippen LogP contribution in [0.25, 0.3) is 0 Å². The van der Waals surface area contributed by atoms with Gasteiger partial charge in [-0.2, -0.15) is 0 Å². The normalized spacial score (nSPS) is 10.6. The number of benzene rings is 2. The fourth-order valence-corrected chi connectivity index (χ4v) is 3.08. The number of ether oxygens (including phenoxy) is 2. The number of hydrogen-bond acceptors (Lipinski definition) is 4. The van der Waals surface area contributed by atoms with Crippen LogP contribution in [0.3, 0.4) is 0 Å². The van der Waals surface area contributed by atoms with Crippen LogP contribution in [0, 0.1) is 0 Å². The van der Waals surface area contributed by atoms with Gasteiger partial charge in [0, 0.05) is 11.4 Å². The number of carbonyl (C=O) groups is 2. The van der Waals surface area contributed by atoms with Crippen LogP contribution in [0.5, 0.6) is 0 Å². The van der Waals surface area contributed by atoms with E-state index >= 15 is 0 Å². The molecule has 2 aromatic carbocycles. The molecule has 0 bridgehead atoms. The summed E-state index contributed by atoms with van der Waals surface area (Å²) in [5.74, 6) is -1.00. The second-order valence-electron chi connectivity index (χ2n) is 6.96. The van der Waals surface area contributed by atoms with Crippen LogP contribution in [-0.2, 0) is 15.9 Å². The van der Waals surface area contributed by atoms with Crippen LogP contribution in [-0.4, -0.2) is 25.2 Å². The van der Waals surface area contributed by atoms with E-state index in [4.69, 9.17) is 21.1 Å². The smallest absolute Gasteiger partial charge is 0.339 e. The van der Waals surface area contributed by atoms with Gasteiger partial charge in [0.1, 0.15) is 0 Å². The average molecular weight is 417 g/mol. The second kappa shape index (κ2) is 13.0. The predicted octanol–water partition coefficient (Wildman–Crippen LogP) is 6.26. The molecule has 0 amide bonds. The highest BCUT2D eigenvalue weighted by Crippen LogP contribution is 2.14. The summed E-state index contributed by atoms with van der Waals surface area (Å²) >= 11 is 5.87. The van der Waals surface area contributed by atoms with E-state index in [9.17, 15) is 9.59 Å². The highest BCUT2D eigenvalue weighted by molar-refractivity contribution is 6.30. The zero-order valence-electron chi connectivity index (χ0n) is 17.0. The van der Waals surface area contributed by atoms with Crippen LogP contribution in [0.4, 0.5) is 0 Å². The first-order valence-corrected chi connectivity index (χ1v) is 10.7. The van der Waals surface area contributed by atoms with E-state index in [2.05, 4.69) is 6.92 Å². The second-order valence-corrected chi connectivity index (χ2v) is 7.40. The predicted molar refractivity (Wildman–Crippen MR) is 116 cm³/mol. The molecule has 0 atom stereocenters. The first-order valence-electron chi connectivity index (χ1n) is 10.3. The largest absolute Gasteiger partial charge is 0.462 e. The van der Waals surface area contributed by atoms with Crippen LogP contribution >= 0.6 is 11.6 Å². The first-order chi connectivity index (χ1) is 14.1. The van der Waals surface area contributed by atoms with Crippen molar-refractivity contribution in [1.29, 1.82) is 0 Å². The standard InChI is InChI=1S/C24H29ClO4/c1-2-3-4-5-6-9-17-28-23(26)21-10-7-8-11-22(21)24(27)29-18-16-19-12-14-20(25)15-13-19/h7-8,10-15H,2-6,9,16-18H2,1H3. The van der Waals surface area contributed by atoms with Crippen molar-refractivity contribution in [2.75, 3.05) is 13.2 Å². The topological polar surface area (TPSA) is 52.6 Å². The van der Waals surface area contributed by atoms with Gasteiger partial charge in [-0.1, -0.05) is 74.9 Å². The minimum atomic E-state index is -0.522. The van der Waals surface area contributed by atoms with Crippen molar-refractivity contribution in [2.45, 2.75) is 51.9 Å². The summed E-state index contributed by atoms with van der Waals surface area (Å²) in [5, 5.41) is 0.666. The third-order valence-electron chi connectivity index (χ3n) is 4.64. The maximum Gasteiger partial charge on any atom is 0.339 e. The molecule has 0 saturated heterocycles. The SMILES string of the molecule is CCCCCCCCOC(=O)c1ccccc1C(=O)OCCc1ccc(Cl)cc1. The lowest BCUT2D eigenvalue weighted by molar-refractivity contribution is 0.0456. The Morgan fingerprint density at radius 2 is 1.31 bits per heavy atom. The van der Waals surface area contributed by atoms with E-state index in [1.807, 2.05) is 12.1 Å². The molecule has 2 aromatic rings. The van der Waals surface area contributed by atoms with E-state index in [1.54, 1.807) is 36.4 Å². The molecule has 0 saturated carbocycles. The Labute approximate surface area is 178 Å². The zero-order valence-corrected chi connectivity index (χ0v) is 17.7. The lowest BCUT2D eigenvalue weighted by Gasteiger charge is -2.10. The fraction of sp³-hybridized carbons (Fsp3) is 0.417. The molecule has 0 aliphatic heterocycles. The molecule has 0 fully saturated rings. The molecule has 0 N–H and O–H groups in total. The van der Waals surface area contributed by atoms with E-state index in [1.165, 1.54) is 19.3 Å². The Hall–Kier alpha value is -2.33. The number of halogens is 1. The number of rotatable bonds is 12. The Balaban J connectivity index is 1.80. The van der Waals surface area contributed by atoms with Crippen molar-refractivity contribution < 1.29 is 19.1 Å². The van der Waals surface area contributed by atoms with Crippen LogP contribution < -0.4 is 0 Å². The van der Waals surface area contributed by atoms with Gasteiger partial charge in [-0.15, -0.1) is 0 Å². The van der Waals surface area contributed by atoms with Gasteiger partial charge < -0.3 is 9.47 Å². The molecular formula is C24H29ClO4. The van der Waals surface area contributed by atoms with E-state index in [0.29, 0.717) is 18.1 Å². The van der Waals surface area contributed by atoms with Gasteiger partial charge in [0.2, 0.25) is 0 Å². The van der Waals surface area contributed by atoms with Crippen LogP contribution in [0.2, 0.25) is 5.02 Å². The van der Waals surface area contributed by atoms with Crippen molar-refractivity contribution in [2.24, 2.45) is 0 Å². The molecule has 0 aliphatic rings. The highest BCUT2D eigenvalue weighted by atomic mass is 35.5. The molecule has 156 valence electrons. The van der Waals surface area contributed by atoms with Crippen molar-refractivity contribution in [1.82, 2.24) is 0 Å². The molecule has 5 heteroatoms. The Kier molecular flexibility index (Phi) is 10.3. The third kappa shape index (κ3) is 8.28. The highest BCUT2D eigenvalue weighted by Gasteiger charge is 2.18. The molecule has 2 rings (SSSR count). The Morgan fingerprint density at radius 1 is 0.759 bits per heavy atom. The zero-order chi connectivity index (χ0) is 20.9. The molecule has 29 heavy (non-hydrogen) atoms. The quantitative estimate of drug-likeness (QED) is 0.303. The van der Waals surface area contributed by atoms with Gasteiger partial charge in [-0.05, 0) is 36.2 Å². The van der Waals surface area contributed by atoms with Gasteiger partial charge >= 0.3 is 11.9 Å². The fourth-order valence-electron chi connectivity index (χ4n) is 2.95. The van der Waals surface area contributed by atoms with Gasteiger partial charge in [0.25, 0.3) is 0 Å². The molecule has 0 radical (unpaired) electrons. The number of unbranched alkanes of at least 4 members (excludes halogenated alkanes) is 5. The molecule has 0 aromatic heterocycles. The molecule has 0 unspecified atom stereocenters. The monoisotopic (exact) mass is 416 g/mol. The Bertz CT molecular complexity index is 771. The summed E-state index contributed by atoms with van der Waals surface area (Å²) < 4.78 is 10.7. The van der Waals surface area contributed by atoms with Gasteiger partial charge in [0.05, 0.1) is 24.3 Å². The summed E-state index contributed by atoms with van der Waals surface area (Å²) in [6, 6.07) is 14.0. The molecular weight excluding hydrogens is 388 g/mol. The minimum absolute atomic E-state index is 0.224. The number of hydrogen-bond donors (Lipinski definition) is 0. The van der Waals surface area contributed by atoms with Crippen molar-refractivity contribution >= 4 is 23.5 Å². The summed E-state index contributed by atoms with van der Waals surface area (Å²) in [6.07, 6.45) is 7.28. The molecule has 4 nitrogen and oxygen atoms in total. The van der Waals surface area contributed by atoms with Crippen LogP contribution in [0.1, 0.15) is 71.7 Å².